The molecule has 9 atom stereocenters. The van der Waals surface area contributed by atoms with Crippen LogP contribution in [0, 0.1) is 66.1 Å². The summed E-state index contributed by atoms with van der Waals surface area (Å²) in [5.74, 6) is 6.99. The van der Waals surface area contributed by atoms with E-state index in [1.807, 2.05) is 137 Å². The fraction of sp³-hybridized carbons (Fsp3) is 0.324. The summed E-state index contributed by atoms with van der Waals surface area (Å²) < 4.78 is 77.0. The minimum atomic E-state index is -4.02. The van der Waals surface area contributed by atoms with E-state index >= 15 is 0 Å². The Kier molecular flexibility index (Phi) is 39.1. The first kappa shape index (κ1) is 109. The van der Waals surface area contributed by atoms with Crippen LogP contribution in [0.3, 0.4) is 0 Å². The molecule has 14 rings (SSSR count). The van der Waals surface area contributed by atoms with Gasteiger partial charge in [0.15, 0.2) is 28.7 Å². The van der Waals surface area contributed by atoms with Crippen molar-refractivity contribution in [2.45, 2.75) is 124 Å². The second-order valence-corrected chi connectivity index (χ2v) is 40.8. The molecular weight excluding hydrogens is 1870 g/mol. The first-order valence-electron chi connectivity index (χ1n) is 44.9. The van der Waals surface area contributed by atoms with Crippen molar-refractivity contribution in [1.29, 1.82) is 0 Å². The van der Waals surface area contributed by atoms with Crippen molar-refractivity contribution in [2.75, 3.05) is 66.7 Å². The van der Waals surface area contributed by atoms with Gasteiger partial charge < -0.3 is 80.7 Å². The number of phenols is 1. The van der Waals surface area contributed by atoms with E-state index in [4.69, 9.17) is 29.2 Å². The molecule has 1 saturated heterocycles. The third-order valence-corrected chi connectivity index (χ3v) is 29.9. The van der Waals surface area contributed by atoms with Gasteiger partial charge in [-0.05, 0) is 216 Å². The predicted octanol–water partition coefficient (Wildman–Crippen LogP) is 13.0. The van der Waals surface area contributed by atoms with Crippen LogP contribution >= 0.6 is 23.1 Å². The number of carbonyl (C=O) groups is 9. The van der Waals surface area contributed by atoms with E-state index in [0.717, 1.165) is 57.4 Å². The van der Waals surface area contributed by atoms with Gasteiger partial charge in [0, 0.05) is 128 Å². The number of aromatic hydroxyl groups is 1. The molecule has 35 heteroatoms. The molecule has 0 radical (unpaired) electrons. The van der Waals surface area contributed by atoms with Gasteiger partial charge in [-0.1, -0.05) is 122 Å². The lowest BCUT2D eigenvalue weighted by atomic mass is 9.59. The molecule has 0 unspecified atom stereocenters. The number of ether oxygens (including phenoxy) is 4. The number of amides is 3. The van der Waals surface area contributed by atoms with Crippen molar-refractivity contribution in [3.63, 3.8) is 0 Å². The fourth-order valence-electron chi connectivity index (χ4n) is 16.6. The summed E-state index contributed by atoms with van der Waals surface area (Å²) >= 11 is 2.59. The molecule has 31 nitrogen and oxygen atoms in total. The van der Waals surface area contributed by atoms with E-state index in [1.165, 1.54) is 35.6 Å². The number of aliphatic hydroxyl groups is 6. The predicted molar refractivity (Wildman–Crippen MR) is 530 cm³/mol. The Morgan fingerprint density at radius 1 is 0.643 bits per heavy atom. The number of Topliss-reactive ketones (excluding diaryl/α,β-unsaturated/α-hetero) is 5. The highest BCUT2D eigenvalue weighted by atomic mass is 32.2. The number of aromatic nitrogens is 1. The number of thiophene rings is 1. The second kappa shape index (κ2) is 50.4. The highest BCUT2D eigenvalue weighted by Gasteiger charge is 2.60. The van der Waals surface area contributed by atoms with E-state index in [2.05, 4.69) is 49.3 Å². The molecule has 1 saturated carbocycles. The second-order valence-electron chi connectivity index (χ2n) is 34.1. The molecule has 2 fully saturated rings. The van der Waals surface area contributed by atoms with Gasteiger partial charge in [0.05, 0.1) is 21.9 Å². The maximum Gasteiger partial charge on any atom is 0.322 e. The number of aliphatic carboxylic acids is 1. The van der Waals surface area contributed by atoms with E-state index in [1.54, 1.807) is 118 Å². The number of hydrogen-bond acceptors (Lipinski definition) is 26. The Morgan fingerprint density at radius 2 is 1.21 bits per heavy atom. The molecule has 0 spiro atoms. The molecule has 10 aromatic rings. The van der Waals surface area contributed by atoms with Gasteiger partial charge in [0.2, 0.25) is 33.5 Å². The topological polar surface area (TPSA) is 488 Å². The van der Waals surface area contributed by atoms with E-state index < -0.39 is 102 Å². The monoisotopic (exact) mass is 1990 g/mol. The number of carboxylic acid groups (broad SMARTS) is 1. The number of aryl methyl sites for hydroxylation is 1. The number of aromatic amines is 1. The molecule has 4 aliphatic rings. The molecule has 738 valence electrons. The Balaban J connectivity index is 0.000000181. The van der Waals surface area contributed by atoms with Crippen LogP contribution < -0.4 is 34.9 Å². The average molecular weight is 1990 g/mol. The van der Waals surface area contributed by atoms with Crippen LogP contribution in [0.5, 0.6) is 34.5 Å². The summed E-state index contributed by atoms with van der Waals surface area (Å²) in [7, 11) is -3.19. The lowest BCUT2D eigenvalue weighted by Crippen LogP contribution is -2.60. The number of sulfonamides is 2. The Hall–Kier alpha value is -13.4. The first-order valence-corrected chi connectivity index (χ1v) is 49.6. The molecule has 0 bridgehead atoms. The van der Waals surface area contributed by atoms with Crippen molar-refractivity contribution < 1.29 is 120 Å². The van der Waals surface area contributed by atoms with Gasteiger partial charge in [0.25, 0.3) is 10.0 Å². The van der Waals surface area contributed by atoms with Crippen molar-refractivity contribution in [1.82, 2.24) is 30.0 Å². The van der Waals surface area contributed by atoms with Crippen LogP contribution in [0.1, 0.15) is 127 Å². The third kappa shape index (κ3) is 28.5. The highest BCUT2D eigenvalue weighted by Crippen LogP contribution is 2.52. The molecule has 1 aliphatic heterocycles. The number of benzene rings is 8. The lowest BCUT2D eigenvalue weighted by Gasteiger charge is -2.46. The molecular formula is C105H114N6O25S4. The Labute approximate surface area is 821 Å². The molecule has 3 aliphatic carbocycles. The number of allylic oxidation sites excluding steroid dienone is 1. The lowest BCUT2D eigenvalue weighted by molar-refractivity contribution is -0.147. The van der Waals surface area contributed by atoms with Crippen LogP contribution in [-0.4, -0.2) is 209 Å². The summed E-state index contributed by atoms with van der Waals surface area (Å²) in [6, 6.07) is 59.6. The molecule has 2 aromatic heterocycles. The van der Waals surface area contributed by atoms with Gasteiger partial charge in [0.1, 0.15) is 87.9 Å². The third-order valence-electron chi connectivity index (χ3n) is 23.7. The quantitative estimate of drug-likeness (QED) is 0.00806. The number of ketones is 5. The van der Waals surface area contributed by atoms with Crippen molar-refractivity contribution in [3.8, 4) is 58.2 Å². The van der Waals surface area contributed by atoms with Crippen molar-refractivity contribution in [2.24, 2.45) is 35.5 Å². The molecule has 13 N–H and O–H groups in total. The average Bonchev–Trinajstić information content (AvgIpc) is 0.786. The standard InChI is InChI=1S/C24H20N2O4S2.C22H27NO5.C21H25NO4.C20H18O7.C18H24N2O5S2/c1-16-6-8-17(9-7-16)10-11-19-12-13-23(31-19)32(29,30)26-22(24(27)28)14-18-15-25-21-5-3-2-4-20(18)21;1-16(22(26)23-2)12-17(14-27-15-24)13-21(25)18-8-10-20(11-9-18)28-19-6-4-3-5-7-19;1-15(21(25)22-2)12-16(14-23)13-20(24)17-8-10-19(11-9-17)26-18-6-4-3-5-7-18;1-8(21)14-13(23)7-11-6-10-5-9-3-2-4-12(22)15(9)17(24)16(10)19(26)20(11,27)18(14)25;1-18(2)16(17(22)19-3)20(10-13-26-18)27(23,24)15-8-6-14(7-9-15)25-12-5-4-11-21/h2-9,12-13,15,22,25-26H,14H2,1H3,(H,27,28);3-11,16-17,24H,12-15H2,1-2H3,(H,23,26);3-11,15-16,23H,12-14H2,1-2H3,(H,22,25);2-4,10-11,22,24-25,27H,5-7H2,1H3;6-9,16,21H,10-13H2,1-3H3,(H,19,22)/t22-;16-,17+;15-,16+;10-,11-,20+;16-/m10001/s1. The number of phenolic OH excluding ortho intramolecular Hbond substituents is 1. The highest BCUT2D eigenvalue weighted by molar-refractivity contribution is 8.01. The maximum absolute atomic E-state index is 13.2. The van der Waals surface area contributed by atoms with Crippen LogP contribution in [0.15, 0.2) is 245 Å². The minimum Gasteiger partial charge on any atom is -0.508 e. The summed E-state index contributed by atoms with van der Waals surface area (Å²) in [5, 5.41) is 87.6. The number of thioether (sulfide) groups is 1. The van der Waals surface area contributed by atoms with Gasteiger partial charge >= 0.3 is 5.97 Å². The Bertz CT molecular complexity index is 6510. The van der Waals surface area contributed by atoms with E-state index in [-0.39, 0.29) is 144 Å². The summed E-state index contributed by atoms with van der Waals surface area (Å²) in [5.41, 5.74) is 2.38. The zero-order valence-electron chi connectivity index (χ0n) is 78.6. The number of H-pyrrole nitrogens is 1. The summed E-state index contributed by atoms with van der Waals surface area (Å²) in [6.45, 7) is 10.2. The number of para-hydroxylation sites is 3. The zero-order valence-corrected chi connectivity index (χ0v) is 81.9. The number of nitrogens with zero attached hydrogens (tertiary/aromatic N) is 1. The molecule has 3 amide bonds. The largest absolute Gasteiger partial charge is 0.508 e. The number of carbonyl (C=O) groups excluding carboxylic acids is 8. The van der Waals surface area contributed by atoms with Gasteiger partial charge in [-0.2, -0.15) is 20.8 Å². The maximum atomic E-state index is 13.2. The first-order chi connectivity index (χ1) is 66.8. The summed E-state index contributed by atoms with van der Waals surface area (Å²) in [4.78, 5) is 114. The summed E-state index contributed by atoms with van der Waals surface area (Å²) in [6.07, 6.45) is 3.42. The van der Waals surface area contributed by atoms with Crippen molar-refractivity contribution >= 4 is 112 Å². The van der Waals surface area contributed by atoms with Crippen LogP contribution in [0.4, 0.5) is 0 Å². The Morgan fingerprint density at radius 3 is 1.76 bits per heavy atom. The minimum absolute atomic E-state index is 0.0179. The number of carboxylic acids is 1. The van der Waals surface area contributed by atoms with Crippen LogP contribution in [0.2, 0.25) is 0 Å². The van der Waals surface area contributed by atoms with Gasteiger partial charge in [-0.15, -0.1) is 11.3 Å². The smallest absolute Gasteiger partial charge is 0.322 e. The van der Waals surface area contributed by atoms with Crippen LogP contribution in [0.25, 0.3) is 16.7 Å². The number of aliphatic hydroxyl groups excluding tert-OH is 5. The molecule has 8 aromatic carbocycles. The van der Waals surface area contributed by atoms with E-state index in [9.17, 15) is 90.6 Å². The van der Waals surface area contributed by atoms with Crippen molar-refractivity contribution in [3.05, 3.63) is 279 Å². The fourth-order valence-corrected chi connectivity index (χ4v) is 22.0. The number of hydrogen-bond donors (Lipinski definition) is 13. The van der Waals surface area contributed by atoms with E-state index in [0.29, 0.717) is 63.8 Å². The molecule has 140 heavy (non-hydrogen) atoms. The number of fused-ring (bicyclic) bond motifs is 4. The SMILES string of the molecule is CC(=O)C1=C(O)[C@@]2(O)C(=O)C3=C(O)c4c(O)cccc4C[C@H]3C[C@H]2CC1=O.CNC(=O)[C@@H](C)C[C@@H](CO)CC(=O)c1ccc(Oc2ccccc2)cc1.CNC(=O)[C@@H](C)C[C@@H](COCO)CC(=O)c1ccc(Oc2ccccc2)cc1.CNC(=O)[C@H]1N(S(=O)(=O)c2ccc(OCC#CCO)cc2)CCSC1(C)C.Cc1ccc(C#Cc2ccc(S(=O)(=O)N[C@H](Cc3c[nH]c4ccccc34)C(=O)O)s2)cc1. The number of rotatable bonds is 32. The number of nitrogens with one attached hydrogen (secondary N) is 5. The molecule has 3 heterocycles. The zero-order chi connectivity index (χ0) is 102. The van der Waals surface area contributed by atoms with Gasteiger partial charge in [-0.25, -0.2) is 16.8 Å². The normalized spacial score (nSPS) is 17.3. The van der Waals surface area contributed by atoms with Crippen LogP contribution in [-0.2, 0) is 71.2 Å². The van der Waals surface area contributed by atoms with Gasteiger partial charge in [-0.3, -0.25) is 43.2 Å². The number of likely N-dealkylation sites (N-methyl/N-ethyl adjacent to an activating group) is 1.